The zero-order chi connectivity index (χ0) is 27.3. The van der Waals surface area contributed by atoms with E-state index in [-0.39, 0.29) is 30.1 Å². The van der Waals surface area contributed by atoms with Crippen molar-refractivity contribution >= 4 is 11.6 Å². The lowest BCUT2D eigenvalue weighted by molar-refractivity contribution is -0.138. The lowest BCUT2D eigenvalue weighted by Crippen LogP contribution is -2.44. The lowest BCUT2D eigenvalue weighted by Gasteiger charge is -2.33. The van der Waals surface area contributed by atoms with Crippen molar-refractivity contribution in [1.29, 1.82) is 0 Å². The number of nitrogen functional groups attached to an aromatic ring is 1. The molecule has 0 saturated carbocycles. The number of pyridine rings is 1. The first-order chi connectivity index (χ1) is 18.1. The quantitative estimate of drug-likeness (QED) is 0.385. The van der Waals surface area contributed by atoms with Gasteiger partial charge in [-0.2, -0.15) is 13.2 Å². The Labute approximate surface area is 220 Å². The SMILES string of the molecule is COc1cc(C#Cc2cccnc2N)cc(C(=O)Cc2ccc(CN3CCN(C)CC3)c(C(F)(F)F)c2)c1. The number of ether oxygens (including phenoxy) is 1. The molecule has 4 rings (SSSR count). The van der Waals surface area contributed by atoms with E-state index in [4.69, 9.17) is 10.5 Å². The molecule has 2 N–H and O–H groups in total. The van der Waals surface area contributed by atoms with Gasteiger partial charge >= 0.3 is 6.18 Å². The number of ketones is 1. The van der Waals surface area contributed by atoms with Gasteiger partial charge < -0.3 is 15.4 Å². The number of piperazine rings is 1. The fraction of sp³-hybridized carbons (Fsp3) is 0.310. The van der Waals surface area contributed by atoms with Crippen LogP contribution in [-0.4, -0.2) is 60.9 Å². The molecule has 2 heterocycles. The van der Waals surface area contributed by atoms with E-state index in [1.54, 1.807) is 42.6 Å². The molecule has 3 aromatic rings. The molecule has 0 bridgehead atoms. The summed E-state index contributed by atoms with van der Waals surface area (Å²) in [6.45, 7) is 3.27. The zero-order valence-electron chi connectivity index (χ0n) is 21.3. The van der Waals surface area contributed by atoms with Crippen LogP contribution in [-0.2, 0) is 19.1 Å². The second-order valence-corrected chi connectivity index (χ2v) is 9.31. The summed E-state index contributed by atoms with van der Waals surface area (Å²) in [4.78, 5) is 21.3. The molecule has 0 unspecified atom stereocenters. The van der Waals surface area contributed by atoms with E-state index >= 15 is 0 Å². The first kappa shape index (κ1) is 27.2. The summed E-state index contributed by atoms with van der Waals surface area (Å²) >= 11 is 0. The number of halogens is 3. The highest BCUT2D eigenvalue weighted by atomic mass is 19.4. The number of nitrogens with two attached hydrogens (primary N) is 1. The van der Waals surface area contributed by atoms with E-state index in [2.05, 4.69) is 21.7 Å². The lowest BCUT2D eigenvalue weighted by atomic mass is 9.97. The van der Waals surface area contributed by atoms with Crippen LogP contribution in [0.25, 0.3) is 0 Å². The van der Waals surface area contributed by atoms with E-state index in [9.17, 15) is 18.0 Å². The highest BCUT2D eigenvalue weighted by molar-refractivity contribution is 5.98. The summed E-state index contributed by atoms with van der Waals surface area (Å²) in [5.74, 6) is 6.24. The van der Waals surface area contributed by atoms with Crippen molar-refractivity contribution in [3.05, 3.63) is 88.1 Å². The van der Waals surface area contributed by atoms with E-state index in [1.165, 1.54) is 13.2 Å². The molecule has 0 spiro atoms. The van der Waals surface area contributed by atoms with Gasteiger partial charge in [-0.1, -0.05) is 24.0 Å². The monoisotopic (exact) mass is 522 g/mol. The van der Waals surface area contributed by atoms with Crippen molar-refractivity contribution in [2.24, 2.45) is 0 Å². The number of Topliss-reactive ketones (excluding diaryl/α,β-unsaturated/α-hetero) is 1. The molecular formula is C29H29F3N4O2. The van der Waals surface area contributed by atoms with Gasteiger partial charge in [-0.3, -0.25) is 9.69 Å². The minimum atomic E-state index is -4.52. The number of rotatable bonds is 6. The van der Waals surface area contributed by atoms with Crippen molar-refractivity contribution in [2.45, 2.75) is 19.1 Å². The van der Waals surface area contributed by atoms with Crippen LogP contribution in [0.3, 0.4) is 0 Å². The average molecular weight is 523 g/mol. The number of methoxy groups -OCH3 is 1. The number of anilines is 1. The number of carbonyl (C=O) groups is 1. The van der Waals surface area contributed by atoms with Crippen LogP contribution >= 0.6 is 0 Å². The van der Waals surface area contributed by atoms with Crippen LogP contribution < -0.4 is 10.5 Å². The third kappa shape index (κ3) is 6.91. The molecular weight excluding hydrogens is 493 g/mol. The van der Waals surface area contributed by atoms with Crippen molar-refractivity contribution < 1.29 is 22.7 Å². The molecule has 0 amide bonds. The third-order valence-electron chi connectivity index (χ3n) is 6.48. The van der Waals surface area contributed by atoms with Crippen molar-refractivity contribution in [3.63, 3.8) is 0 Å². The first-order valence-electron chi connectivity index (χ1n) is 12.2. The molecule has 6 nitrogen and oxygen atoms in total. The predicted molar refractivity (Wildman–Crippen MR) is 140 cm³/mol. The van der Waals surface area contributed by atoms with Crippen LogP contribution in [0.1, 0.15) is 38.2 Å². The topological polar surface area (TPSA) is 71.7 Å². The number of benzene rings is 2. The summed E-state index contributed by atoms with van der Waals surface area (Å²) in [7, 11) is 3.47. The average Bonchev–Trinajstić information content (AvgIpc) is 2.89. The minimum absolute atomic E-state index is 0.187. The third-order valence-corrected chi connectivity index (χ3v) is 6.48. The second-order valence-electron chi connectivity index (χ2n) is 9.31. The van der Waals surface area contributed by atoms with Gasteiger partial charge in [0.15, 0.2) is 5.78 Å². The Kier molecular flexibility index (Phi) is 8.35. The minimum Gasteiger partial charge on any atom is -0.497 e. The maximum absolute atomic E-state index is 14.0. The van der Waals surface area contributed by atoms with E-state index in [1.807, 2.05) is 11.9 Å². The number of hydrogen-bond donors (Lipinski definition) is 1. The summed E-state index contributed by atoms with van der Waals surface area (Å²) in [5, 5.41) is 0. The Morgan fingerprint density at radius 2 is 1.84 bits per heavy atom. The van der Waals surface area contributed by atoms with Gasteiger partial charge in [0.05, 0.1) is 18.2 Å². The van der Waals surface area contributed by atoms with E-state index < -0.39 is 11.7 Å². The highest BCUT2D eigenvalue weighted by Crippen LogP contribution is 2.34. The van der Waals surface area contributed by atoms with Gasteiger partial charge in [-0.25, -0.2) is 4.98 Å². The second kappa shape index (κ2) is 11.7. The maximum atomic E-state index is 14.0. The van der Waals surface area contributed by atoms with Crippen LogP contribution in [0.4, 0.5) is 19.0 Å². The van der Waals surface area contributed by atoms with Crippen molar-refractivity contribution in [1.82, 2.24) is 14.8 Å². The van der Waals surface area contributed by atoms with E-state index in [0.717, 1.165) is 19.2 Å². The van der Waals surface area contributed by atoms with Crippen molar-refractivity contribution in [2.75, 3.05) is 46.1 Å². The summed E-state index contributed by atoms with van der Waals surface area (Å²) in [6.07, 6.45) is -3.15. The van der Waals surface area contributed by atoms with Crippen LogP contribution in [0.5, 0.6) is 5.75 Å². The highest BCUT2D eigenvalue weighted by Gasteiger charge is 2.34. The molecule has 1 fully saturated rings. The number of alkyl halides is 3. The van der Waals surface area contributed by atoms with Gasteiger partial charge in [0.2, 0.25) is 0 Å². The molecule has 1 aromatic heterocycles. The molecule has 0 aliphatic carbocycles. The number of nitrogens with zero attached hydrogens (tertiary/aromatic N) is 3. The Morgan fingerprint density at radius 1 is 1.08 bits per heavy atom. The summed E-state index contributed by atoms with van der Waals surface area (Å²) in [6, 6.07) is 12.4. The first-order valence-corrected chi connectivity index (χ1v) is 12.2. The standard InChI is InChI=1S/C29H29F3N4O2/c1-35-10-12-36(13-11-35)19-23-8-6-21(16-26(23)29(30,31)32)17-27(37)24-14-20(15-25(18-24)38-2)5-7-22-4-3-9-34-28(22)33/h3-4,6,8-9,14-16,18H,10-13,17,19H2,1-2H3,(H2,33,34). The molecule has 2 aromatic carbocycles. The number of likely N-dealkylation sites (N-methyl/N-ethyl adjacent to an activating group) is 1. The Hall–Kier alpha value is -3.87. The maximum Gasteiger partial charge on any atom is 0.416 e. The fourth-order valence-electron chi connectivity index (χ4n) is 4.28. The van der Waals surface area contributed by atoms with Crippen LogP contribution in [0, 0.1) is 11.8 Å². The van der Waals surface area contributed by atoms with Gasteiger partial charge in [0.25, 0.3) is 0 Å². The van der Waals surface area contributed by atoms with Crippen LogP contribution in [0.2, 0.25) is 0 Å². The van der Waals surface area contributed by atoms with Gasteiger partial charge in [-0.05, 0) is 54.6 Å². The molecule has 198 valence electrons. The molecule has 0 atom stereocenters. The largest absolute Gasteiger partial charge is 0.497 e. The normalized spacial score (nSPS) is 14.6. The number of carbonyl (C=O) groups excluding carboxylic acids is 1. The molecule has 38 heavy (non-hydrogen) atoms. The van der Waals surface area contributed by atoms with Gasteiger partial charge in [0, 0.05) is 56.5 Å². The molecule has 0 radical (unpaired) electrons. The molecule has 1 aliphatic heterocycles. The van der Waals surface area contributed by atoms with Gasteiger partial charge in [-0.15, -0.1) is 0 Å². The van der Waals surface area contributed by atoms with Crippen LogP contribution in [0.15, 0.2) is 54.7 Å². The molecule has 9 heteroatoms. The predicted octanol–water partition coefficient (Wildman–Crippen LogP) is 4.26. The van der Waals surface area contributed by atoms with Gasteiger partial charge in [0.1, 0.15) is 11.6 Å². The Balaban J connectivity index is 1.56. The summed E-state index contributed by atoms with van der Waals surface area (Å²) < 4.78 is 47.2. The molecule has 1 aliphatic rings. The summed E-state index contributed by atoms with van der Waals surface area (Å²) in [5.41, 5.74) is 6.99. The number of aromatic nitrogens is 1. The smallest absolute Gasteiger partial charge is 0.416 e. The fourth-order valence-corrected chi connectivity index (χ4v) is 4.28. The Bertz CT molecular complexity index is 1370. The van der Waals surface area contributed by atoms with E-state index in [0.29, 0.717) is 41.1 Å². The number of hydrogen-bond acceptors (Lipinski definition) is 6. The zero-order valence-corrected chi connectivity index (χ0v) is 21.3. The molecule has 1 saturated heterocycles. The van der Waals surface area contributed by atoms with Crippen molar-refractivity contribution in [3.8, 4) is 17.6 Å². The Morgan fingerprint density at radius 3 is 2.53 bits per heavy atom.